The number of hydrogen-bond donors (Lipinski definition) is 4. The van der Waals surface area contributed by atoms with Crippen molar-refractivity contribution in [3.05, 3.63) is 60.2 Å². The van der Waals surface area contributed by atoms with Crippen LogP contribution < -0.4 is 20.4 Å². The van der Waals surface area contributed by atoms with Crippen LogP contribution in [-0.2, 0) is 9.59 Å². The third-order valence-corrected chi connectivity index (χ3v) is 5.26. The molecule has 0 bridgehead atoms. The number of amides is 2. The average Bonchev–Trinajstić information content (AvgIpc) is 2.71. The van der Waals surface area contributed by atoms with Gasteiger partial charge in [-0.2, -0.15) is 0 Å². The van der Waals surface area contributed by atoms with Crippen LogP contribution in [0.15, 0.2) is 48.5 Å². The van der Waals surface area contributed by atoms with Crippen LogP contribution in [0.1, 0.15) is 6.92 Å². The summed E-state index contributed by atoms with van der Waals surface area (Å²) in [4.78, 5) is 27.0. The maximum Gasteiger partial charge on any atom is 0.282 e. The van der Waals surface area contributed by atoms with Gasteiger partial charge < -0.3 is 20.4 Å². The molecule has 2 aromatic carbocycles. The Balaban J connectivity index is 1.43. The first-order valence-corrected chi connectivity index (χ1v) is 9.70. The minimum Gasteiger partial charge on any atom is -0.321 e. The molecular formula is C21H26F2N4O2+2. The molecule has 1 aliphatic rings. The van der Waals surface area contributed by atoms with Crippen molar-refractivity contribution in [2.75, 3.05) is 43.4 Å². The second-order valence-electron chi connectivity index (χ2n) is 7.36. The number of quaternary nitrogens is 2. The number of piperazine rings is 1. The Hall–Kier alpha value is -2.84. The number of carbonyl (C=O) groups excluding carboxylic acids is 2. The van der Waals surface area contributed by atoms with Crippen molar-refractivity contribution in [2.24, 2.45) is 0 Å². The molecule has 0 aromatic heterocycles. The Bertz CT molecular complexity index is 835. The summed E-state index contributed by atoms with van der Waals surface area (Å²) in [5.74, 6) is -0.907. The van der Waals surface area contributed by atoms with Crippen molar-refractivity contribution >= 4 is 23.2 Å². The first kappa shape index (κ1) is 20.9. The van der Waals surface area contributed by atoms with E-state index in [1.165, 1.54) is 48.5 Å². The highest BCUT2D eigenvalue weighted by Gasteiger charge is 2.31. The maximum atomic E-state index is 13.0. The summed E-state index contributed by atoms with van der Waals surface area (Å²) in [6, 6.07) is 11.1. The monoisotopic (exact) mass is 404 g/mol. The molecule has 0 radical (unpaired) electrons. The molecule has 154 valence electrons. The summed E-state index contributed by atoms with van der Waals surface area (Å²) in [7, 11) is 0. The summed E-state index contributed by atoms with van der Waals surface area (Å²) >= 11 is 0. The highest BCUT2D eigenvalue weighted by Crippen LogP contribution is 2.08. The van der Waals surface area contributed by atoms with E-state index in [0.29, 0.717) is 17.9 Å². The molecule has 3 rings (SSSR count). The fraction of sp³-hybridized carbons (Fsp3) is 0.333. The van der Waals surface area contributed by atoms with Gasteiger partial charge in [0.1, 0.15) is 37.8 Å². The molecule has 2 aromatic rings. The molecule has 1 heterocycles. The van der Waals surface area contributed by atoms with Crippen LogP contribution in [0.3, 0.4) is 0 Å². The molecular weight excluding hydrogens is 378 g/mol. The highest BCUT2D eigenvalue weighted by molar-refractivity contribution is 5.93. The first-order chi connectivity index (χ1) is 13.9. The van der Waals surface area contributed by atoms with Crippen LogP contribution in [0.2, 0.25) is 0 Å². The number of rotatable bonds is 6. The molecule has 4 N–H and O–H groups in total. The summed E-state index contributed by atoms with van der Waals surface area (Å²) in [6.07, 6.45) is 0. The standard InChI is InChI=1S/C21H24F2N4O2/c1-15(21(29)25-19-8-4-17(23)5-9-19)27-12-10-26(11-13-27)14-20(28)24-18-6-2-16(22)3-7-18/h2-9,15H,10-14H2,1H3,(H,24,28)(H,25,29)/p+2/t15-/m0/s1. The number of hydrogen-bond acceptors (Lipinski definition) is 2. The van der Waals surface area contributed by atoms with Gasteiger partial charge in [0.25, 0.3) is 11.8 Å². The molecule has 1 saturated heterocycles. The maximum absolute atomic E-state index is 13.0. The zero-order valence-corrected chi connectivity index (χ0v) is 16.3. The Morgan fingerprint density at radius 3 is 1.86 bits per heavy atom. The van der Waals surface area contributed by atoms with Gasteiger partial charge in [-0.3, -0.25) is 9.59 Å². The molecule has 8 heteroatoms. The molecule has 0 aliphatic carbocycles. The lowest BCUT2D eigenvalue weighted by atomic mass is 10.2. The van der Waals surface area contributed by atoms with E-state index in [4.69, 9.17) is 0 Å². The number of carbonyl (C=O) groups is 2. The minimum absolute atomic E-state index is 0.107. The van der Waals surface area contributed by atoms with Crippen LogP contribution in [0.5, 0.6) is 0 Å². The van der Waals surface area contributed by atoms with Crippen molar-refractivity contribution in [1.29, 1.82) is 0 Å². The highest BCUT2D eigenvalue weighted by atomic mass is 19.1. The van der Waals surface area contributed by atoms with Gasteiger partial charge in [0.2, 0.25) is 0 Å². The fourth-order valence-corrected chi connectivity index (χ4v) is 3.47. The van der Waals surface area contributed by atoms with Gasteiger partial charge in [-0.15, -0.1) is 0 Å². The minimum atomic E-state index is -0.343. The third-order valence-electron chi connectivity index (χ3n) is 5.26. The number of benzene rings is 2. The Morgan fingerprint density at radius 2 is 1.34 bits per heavy atom. The van der Waals surface area contributed by atoms with Crippen molar-refractivity contribution in [1.82, 2.24) is 0 Å². The fourth-order valence-electron chi connectivity index (χ4n) is 3.47. The molecule has 1 fully saturated rings. The van der Waals surface area contributed by atoms with Crippen LogP contribution in [0.25, 0.3) is 0 Å². The average molecular weight is 404 g/mol. The quantitative estimate of drug-likeness (QED) is 0.535. The Kier molecular flexibility index (Phi) is 6.90. The lowest BCUT2D eigenvalue weighted by Gasteiger charge is -2.32. The van der Waals surface area contributed by atoms with E-state index in [9.17, 15) is 18.4 Å². The lowest BCUT2D eigenvalue weighted by Crippen LogP contribution is -3.30. The van der Waals surface area contributed by atoms with Crippen molar-refractivity contribution in [3.8, 4) is 0 Å². The topological polar surface area (TPSA) is 67.1 Å². The van der Waals surface area contributed by atoms with Gasteiger partial charge in [-0.1, -0.05) is 0 Å². The summed E-state index contributed by atoms with van der Waals surface area (Å²) < 4.78 is 25.9. The molecule has 0 spiro atoms. The van der Waals surface area contributed by atoms with E-state index < -0.39 is 0 Å². The predicted molar refractivity (Wildman–Crippen MR) is 106 cm³/mol. The Morgan fingerprint density at radius 1 is 0.862 bits per heavy atom. The van der Waals surface area contributed by atoms with Gasteiger partial charge in [-0.25, -0.2) is 8.78 Å². The largest absolute Gasteiger partial charge is 0.321 e. The van der Waals surface area contributed by atoms with E-state index in [0.717, 1.165) is 36.0 Å². The second-order valence-corrected chi connectivity index (χ2v) is 7.36. The van der Waals surface area contributed by atoms with Gasteiger partial charge >= 0.3 is 0 Å². The van der Waals surface area contributed by atoms with Crippen molar-refractivity contribution < 1.29 is 28.2 Å². The number of anilines is 2. The first-order valence-electron chi connectivity index (χ1n) is 9.70. The third kappa shape index (κ3) is 6.07. The molecule has 6 nitrogen and oxygen atoms in total. The SMILES string of the molecule is C[C@@H](C(=O)Nc1ccc(F)cc1)[NH+]1CC[NH+](CC(=O)Nc2ccc(F)cc2)CC1. The van der Waals surface area contributed by atoms with Crippen molar-refractivity contribution in [2.45, 2.75) is 13.0 Å². The molecule has 2 amide bonds. The number of nitrogens with one attached hydrogen (secondary N) is 4. The molecule has 0 unspecified atom stereocenters. The summed E-state index contributed by atoms with van der Waals surface area (Å²) in [5, 5.41) is 5.59. The van der Waals surface area contributed by atoms with Gasteiger partial charge in [0.05, 0.1) is 0 Å². The molecule has 29 heavy (non-hydrogen) atoms. The lowest BCUT2D eigenvalue weighted by molar-refractivity contribution is -1.01. The van der Waals surface area contributed by atoms with Crippen LogP contribution in [-0.4, -0.2) is 50.6 Å². The second kappa shape index (κ2) is 9.58. The van der Waals surface area contributed by atoms with E-state index in [2.05, 4.69) is 10.6 Å². The Labute approximate surface area is 168 Å². The van der Waals surface area contributed by atoms with Crippen LogP contribution in [0, 0.1) is 11.6 Å². The van der Waals surface area contributed by atoms with E-state index in [-0.39, 0.29) is 29.5 Å². The van der Waals surface area contributed by atoms with Gasteiger partial charge in [0.15, 0.2) is 12.6 Å². The predicted octanol–water partition coefficient (Wildman–Crippen LogP) is -0.286. The molecule has 0 saturated carbocycles. The van der Waals surface area contributed by atoms with Gasteiger partial charge in [0, 0.05) is 11.4 Å². The van der Waals surface area contributed by atoms with Crippen molar-refractivity contribution in [3.63, 3.8) is 0 Å². The van der Waals surface area contributed by atoms with Crippen LogP contribution >= 0.6 is 0 Å². The van der Waals surface area contributed by atoms with E-state index in [1.807, 2.05) is 6.92 Å². The van der Waals surface area contributed by atoms with Gasteiger partial charge in [-0.05, 0) is 55.5 Å². The smallest absolute Gasteiger partial charge is 0.282 e. The van der Waals surface area contributed by atoms with Crippen LogP contribution in [0.4, 0.5) is 20.2 Å². The normalized spacial score (nSPS) is 20.0. The number of halogens is 2. The zero-order chi connectivity index (χ0) is 20.8. The zero-order valence-electron chi connectivity index (χ0n) is 16.3. The molecule has 1 aliphatic heterocycles. The van der Waals surface area contributed by atoms with E-state index >= 15 is 0 Å². The van der Waals surface area contributed by atoms with E-state index in [1.54, 1.807) is 0 Å². The summed E-state index contributed by atoms with van der Waals surface area (Å²) in [6.45, 7) is 5.32. The summed E-state index contributed by atoms with van der Waals surface area (Å²) in [5.41, 5.74) is 1.15. The molecule has 1 atom stereocenters.